The molecule has 2 rings (SSSR count). The number of hydrogen-bond acceptors (Lipinski definition) is 3. The zero-order chi connectivity index (χ0) is 13.1. The van der Waals surface area contributed by atoms with Crippen LogP contribution >= 0.6 is 0 Å². The van der Waals surface area contributed by atoms with Gasteiger partial charge in [-0.25, -0.2) is 4.79 Å². The number of carbonyl (C=O) groups is 2. The molecule has 18 heavy (non-hydrogen) atoms. The molecule has 1 aliphatic rings. The Labute approximate surface area is 105 Å². The molecule has 1 fully saturated rings. The van der Waals surface area contributed by atoms with Crippen LogP contribution in [0.1, 0.15) is 53.5 Å². The lowest BCUT2D eigenvalue weighted by molar-refractivity contribution is 0.0695. The lowest BCUT2D eigenvalue weighted by Gasteiger charge is -2.15. The van der Waals surface area contributed by atoms with Gasteiger partial charge in [-0.15, -0.1) is 0 Å². The Kier molecular flexibility index (Phi) is 3.69. The number of nitrogens with one attached hydrogen (secondary N) is 1. The number of hydrogen-bond donors (Lipinski definition) is 2. The molecule has 1 unspecified atom stereocenters. The van der Waals surface area contributed by atoms with Gasteiger partial charge in [0.25, 0.3) is 5.91 Å². The number of carboxylic acids is 1. The highest BCUT2D eigenvalue weighted by Crippen LogP contribution is 2.34. The fraction of sp³-hybridized carbons (Fsp3) is 0.538. The first-order valence-electron chi connectivity index (χ1n) is 6.22. The molecule has 5 nitrogen and oxygen atoms in total. The molecule has 5 heteroatoms. The van der Waals surface area contributed by atoms with Gasteiger partial charge in [-0.05, 0) is 18.8 Å². The third-order valence-electron chi connectivity index (χ3n) is 3.21. The summed E-state index contributed by atoms with van der Waals surface area (Å²) in [6.07, 6.45) is 5.44. The summed E-state index contributed by atoms with van der Waals surface area (Å²) in [6, 6.07) is 1.39. The van der Waals surface area contributed by atoms with Crippen LogP contribution in [0.5, 0.6) is 0 Å². The van der Waals surface area contributed by atoms with Crippen molar-refractivity contribution < 1.29 is 19.1 Å². The van der Waals surface area contributed by atoms with E-state index in [1.165, 1.54) is 18.9 Å². The molecule has 0 aromatic carbocycles. The van der Waals surface area contributed by atoms with Crippen molar-refractivity contribution in [2.24, 2.45) is 5.92 Å². The van der Waals surface area contributed by atoms with Crippen molar-refractivity contribution >= 4 is 11.9 Å². The number of rotatable bonds is 6. The van der Waals surface area contributed by atoms with Crippen molar-refractivity contribution in [1.29, 1.82) is 0 Å². The molecule has 0 radical (unpaired) electrons. The second-order valence-electron chi connectivity index (χ2n) is 4.76. The van der Waals surface area contributed by atoms with E-state index in [0.29, 0.717) is 0 Å². The largest absolute Gasteiger partial charge is 0.478 e. The van der Waals surface area contributed by atoms with Crippen LogP contribution < -0.4 is 5.32 Å². The molecule has 1 saturated carbocycles. The zero-order valence-corrected chi connectivity index (χ0v) is 10.3. The van der Waals surface area contributed by atoms with E-state index in [2.05, 4.69) is 5.32 Å². The summed E-state index contributed by atoms with van der Waals surface area (Å²) < 4.78 is 4.96. The molecule has 0 saturated heterocycles. The van der Waals surface area contributed by atoms with Crippen LogP contribution in [0.4, 0.5) is 0 Å². The number of aromatic carboxylic acids is 1. The first-order valence-corrected chi connectivity index (χ1v) is 6.22. The van der Waals surface area contributed by atoms with Gasteiger partial charge in [0.05, 0.1) is 5.56 Å². The monoisotopic (exact) mass is 251 g/mol. The van der Waals surface area contributed by atoms with Crippen molar-refractivity contribution in [3.8, 4) is 0 Å². The average molecular weight is 251 g/mol. The van der Waals surface area contributed by atoms with Crippen LogP contribution in [0.15, 0.2) is 16.7 Å². The van der Waals surface area contributed by atoms with Crippen LogP contribution in [0.3, 0.4) is 0 Å². The summed E-state index contributed by atoms with van der Waals surface area (Å²) in [5, 5.41) is 11.6. The van der Waals surface area contributed by atoms with E-state index >= 15 is 0 Å². The predicted molar refractivity (Wildman–Crippen MR) is 64.6 cm³/mol. The summed E-state index contributed by atoms with van der Waals surface area (Å²) in [4.78, 5) is 22.5. The number of carbonyl (C=O) groups excluding carboxylic acids is 1. The Morgan fingerprint density at radius 1 is 1.56 bits per heavy atom. The van der Waals surface area contributed by atoms with Gasteiger partial charge in [0.2, 0.25) is 0 Å². The molecule has 1 heterocycles. The molecule has 98 valence electrons. The third-order valence-corrected chi connectivity index (χ3v) is 3.21. The Hall–Kier alpha value is -1.78. The van der Waals surface area contributed by atoms with Crippen LogP contribution in [0.2, 0.25) is 0 Å². The molecule has 1 atom stereocenters. The van der Waals surface area contributed by atoms with Crippen molar-refractivity contribution in [2.45, 2.75) is 38.6 Å². The van der Waals surface area contributed by atoms with E-state index in [1.807, 2.05) is 6.92 Å². The fourth-order valence-corrected chi connectivity index (χ4v) is 1.91. The quantitative estimate of drug-likeness (QED) is 0.812. The van der Waals surface area contributed by atoms with Crippen molar-refractivity contribution in [3.05, 3.63) is 23.7 Å². The number of furan rings is 1. The van der Waals surface area contributed by atoms with Crippen LogP contribution in [0, 0.1) is 5.92 Å². The summed E-state index contributed by atoms with van der Waals surface area (Å²) in [5.41, 5.74) is -0.00427. The minimum absolute atomic E-state index is 0.00427. The average Bonchev–Trinajstić information content (AvgIpc) is 3.00. The van der Waals surface area contributed by atoms with Gasteiger partial charge < -0.3 is 14.8 Å². The second-order valence-corrected chi connectivity index (χ2v) is 4.76. The van der Waals surface area contributed by atoms with E-state index in [1.54, 1.807) is 0 Å². The summed E-state index contributed by atoms with van der Waals surface area (Å²) >= 11 is 0. The van der Waals surface area contributed by atoms with Crippen LogP contribution in [0.25, 0.3) is 0 Å². The molecule has 0 aliphatic heterocycles. The maximum atomic E-state index is 11.9. The lowest BCUT2D eigenvalue weighted by Crippen LogP contribution is -2.34. The van der Waals surface area contributed by atoms with Crippen LogP contribution in [-0.2, 0) is 0 Å². The van der Waals surface area contributed by atoms with Gasteiger partial charge in [-0.1, -0.05) is 19.8 Å². The molecular weight excluding hydrogens is 234 g/mol. The van der Waals surface area contributed by atoms with Crippen molar-refractivity contribution in [1.82, 2.24) is 5.32 Å². The first-order chi connectivity index (χ1) is 8.60. The highest BCUT2D eigenvalue weighted by Gasteiger charge is 2.26. The minimum Gasteiger partial charge on any atom is -0.478 e. The maximum Gasteiger partial charge on any atom is 0.338 e. The Morgan fingerprint density at radius 3 is 2.78 bits per heavy atom. The summed E-state index contributed by atoms with van der Waals surface area (Å²) in [5.74, 6) is -0.638. The molecule has 0 spiro atoms. The lowest BCUT2D eigenvalue weighted by atomic mass is 10.1. The van der Waals surface area contributed by atoms with Gasteiger partial charge in [-0.2, -0.15) is 0 Å². The van der Waals surface area contributed by atoms with Crippen molar-refractivity contribution in [2.75, 3.05) is 0 Å². The third kappa shape index (κ3) is 3.12. The maximum absolute atomic E-state index is 11.9. The summed E-state index contributed by atoms with van der Waals surface area (Å²) in [7, 11) is 0. The molecule has 1 aromatic heterocycles. The minimum atomic E-state index is -1.09. The molecular formula is C13H17NO4. The molecule has 2 N–H and O–H groups in total. The zero-order valence-electron chi connectivity index (χ0n) is 10.3. The Morgan fingerprint density at radius 2 is 2.28 bits per heavy atom. The standard InChI is InChI=1S/C13H17NO4/c1-2-10(5-8-3-4-8)14-12(15)11-6-9(7-18-11)13(16)17/h6-8,10H,2-5H2,1H3,(H,14,15)(H,16,17). The van der Waals surface area contributed by atoms with Crippen molar-refractivity contribution in [3.63, 3.8) is 0 Å². The Bertz CT molecular complexity index is 448. The molecule has 1 aliphatic carbocycles. The highest BCUT2D eigenvalue weighted by molar-refractivity contribution is 5.95. The van der Waals surface area contributed by atoms with Gasteiger partial charge in [0.15, 0.2) is 5.76 Å². The SMILES string of the molecule is CCC(CC1CC1)NC(=O)c1cc(C(=O)O)co1. The normalized spacial score (nSPS) is 16.3. The number of amides is 1. The second kappa shape index (κ2) is 5.25. The molecule has 0 bridgehead atoms. The Balaban J connectivity index is 1.94. The topological polar surface area (TPSA) is 79.5 Å². The van der Waals surface area contributed by atoms with Gasteiger partial charge >= 0.3 is 5.97 Å². The summed E-state index contributed by atoms with van der Waals surface area (Å²) in [6.45, 7) is 2.03. The van der Waals surface area contributed by atoms with E-state index in [4.69, 9.17) is 9.52 Å². The van der Waals surface area contributed by atoms with Gasteiger partial charge in [0, 0.05) is 12.1 Å². The van der Waals surface area contributed by atoms with Gasteiger partial charge in [0.1, 0.15) is 6.26 Å². The highest BCUT2D eigenvalue weighted by atomic mass is 16.4. The first kappa shape index (κ1) is 12.7. The fourth-order valence-electron chi connectivity index (χ4n) is 1.91. The van der Waals surface area contributed by atoms with E-state index in [0.717, 1.165) is 25.0 Å². The smallest absolute Gasteiger partial charge is 0.338 e. The molecule has 1 aromatic rings. The predicted octanol–water partition coefficient (Wildman–Crippen LogP) is 2.29. The van der Waals surface area contributed by atoms with Gasteiger partial charge in [-0.3, -0.25) is 4.79 Å². The number of carboxylic acid groups (broad SMARTS) is 1. The van der Waals surface area contributed by atoms with Crippen LogP contribution in [-0.4, -0.2) is 23.0 Å². The molecule has 1 amide bonds. The van der Waals surface area contributed by atoms with E-state index in [-0.39, 0.29) is 23.3 Å². The van der Waals surface area contributed by atoms with E-state index < -0.39 is 5.97 Å². The van der Waals surface area contributed by atoms with E-state index in [9.17, 15) is 9.59 Å².